The molecule has 0 aromatic heterocycles. The molecule has 0 saturated carbocycles. The topological polar surface area (TPSA) is 208 Å². The van der Waals surface area contributed by atoms with Crippen molar-refractivity contribution in [3.05, 3.63) is 103 Å². The van der Waals surface area contributed by atoms with Gasteiger partial charge in [-0.2, -0.15) is 0 Å². The van der Waals surface area contributed by atoms with Gasteiger partial charge in [0.05, 0.1) is 32.5 Å². The van der Waals surface area contributed by atoms with Crippen LogP contribution in [0.15, 0.2) is 72.8 Å². The summed E-state index contributed by atoms with van der Waals surface area (Å²) in [4.78, 5) is 72.7. The first-order chi connectivity index (χ1) is 23.2. The minimum atomic E-state index is -1.10. The van der Waals surface area contributed by atoms with E-state index in [1.807, 2.05) is 20.8 Å². The maximum Gasteiger partial charge on any atom is 0.314 e. The molecule has 266 valence electrons. The number of nitrogens with zero attached hydrogens (tertiary/aromatic N) is 3. The zero-order valence-electron chi connectivity index (χ0n) is 28.5. The van der Waals surface area contributed by atoms with Crippen molar-refractivity contribution in [2.45, 2.75) is 60.8 Å². The number of benzene rings is 3. The SMILES string of the molecule is CC(C)(C)CC(CC(CC(C(=O)Oc1ccc([N+](=O)[O-])cc1)C(C)(C)C)C(=O)Oc1ccc([N+](=O)[O-])cc1)C(=O)Oc1ccc([N+](=O)[O-])cc1. The lowest BCUT2D eigenvalue weighted by molar-refractivity contribution is -0.385. The quantitative estimate of drug-likeness (QED) is 0.0690. The summed E-state index contributed by atoms with van der Waals surface area (Å²) in [5, 5.41) is 33.3. The fraction of sp³-hybridized carbons (Fsp3) is 0.400. The Labute approximate surface area is 288 Å². The van der Waals surface area contributed by atoms with Gasteiger partial charge in [-0.3, -0.25) is 44.7 Å². The Bertz CT molecular complexity index is 1710. The Morgan fingerprint density at radius 2 is 0.860 bits per heavy atom. The van der Waals surface area contributed by atoms with Crippen LogP contribution in [0.25, 0.3) is 0 Å². The number of hydrogen-bond donors (Lipinski definition) is 0. The summed E-state index contributed by atoms with van der Waals surface area (Å²) in [6, 6.07) is 14.7. The van der Waals surface area contributed by atoms with Crippen molar-refractivity contribution < 1.29 is 43.4 Å². The molecule has 15 heteroatoms. The minimum Gasteiger partial charge on any atom is -0.426 e. The third kappa shape index (κ3) is 11.5. The fourth-order valence-corrected chi connectivity index (χ4v) is 5.22. The first kappa shape index (κ1) is 38.7. The van der Waals surface area contributed by atoms with Gasteiger partial charge in [0.1, 0.15) is 17.2 Å². The molecule has 0 spiro atoms. The summed E-state index contributed by atoms with van der Waals surface area (Å²) in [7, 11) is 0. The Balaban J connectivity index is 1.97. The standard InChI is InChI=1S/C35H39N3O12/c1-34(2,3)21-23(32(40)49-28-15-9-25(10-16-28)37(44)45)19-22(31(39)48-27-13-7-24(8-14-27)36(42)43)20-30(35(4,5)6)33(41)50-29-17-11-26(12-18-29)38(46)47/h7-18,22-23,30H,19-21H2,1-6H3. The van der Waals surface area contributed by atoms with Crippen molar-refractivity contribution in [1.29, 1.82) is 0 Å². The number of nitro benzene ring substituents is 3. The molecule has 3 aromatic carbocycles. The Kier molecular flexibility index (Phi) is 12.5. The molecule has 15 nitrogen and oxygen atoms in total. The molecule has 0 amide bonds. The lowest BCUT2D eigenvalue weighted by atomic mass is 9.73. The van der Waals surface area contributed by atoms with E-state index in [1.165, 1.54) is 72.8 Å². The van der Waals surface area contributed by atoms with Gasteiger partial charge in [0.15, 0.2) is 0 Å². The number of carbonyl (C=O) groups is 3. The van der Waals surface area contributed by atoms with Crippen LogP contribution in [0, 0.1) is 58.9 Å². The third-order valence-electron chi connectivity index (χ3n) is 7.74. The highest BCUT2D eigenvalue weighted by atomic mass is 16.6. The number of hydrogen-bond acceptors (Lipinski definition) is 12. The van der Waals surface area contributed by atoms with Crippen molar-refractivity contribution in [2.24, 2.45) is 28.6 Å². The van der Waals surface area contributed by atoms with Gasteiger partial charge in [0, 0.05) is 36.4 Å². The van der Waals surface area contributed by atoms with Crippen LogP contribution in [-0.4, -0.2) is 32.7 Å². The monoisotopic (exact) mass is 693 g/mol. The molecule has 0 saturated heterocycles. The van der Waals surface area contributed by atoms with Gasteiger partial charge >= 0.3 is 17.9 Å². The first-order valence-electron chi connectivity index (χ1n) is 15.6. The van der Waals surface area contributed by atoms with Gasteiger partial charge in [-0.1, -0.05) is 41.5 Å². The van der Waals surface area contributed by atoms with Gasteiger partial charge in [0.2, 0.25) is 0 Å². The maximum atomic E-state index is 13.9. The molecule has 0 heterocycles. The molecular formula is C35H39N3O12. The number of carbonyl (C=O) groups excluding carboxylic acids is 3. The second-order valence-electron chi connectivity index (χ2n) is 14.1. The average molecular weight is 694 g/mol. The number of non-ortho nitro benzene ring substituents is 3. The second-order valence-corrected chi connectivity index (χ2v) is 14.1. The van der Waals surface area contributed by atoms with Crippen molar-refractivity contribution in [3.63, 3.8) is 0 Å². The van der Waals surface area contributed by atoms with Crippen molar-refractivity contribution in [3.8, 4) is 17.2 Å². The zero-order valence-corrected chi connectivity index (χ0v) is 28.5. The molecule has 3 aromatic rings. The van der Waals surface area contributed by atoms with Crippen LogP contribution in [0.2, 0.25) is 0 Å². The fourth-order valence-electron chi connectivity index (χ4n) is 5.22. The van der Waals surface area contributed by atoms with Crippen molar-refractivity contribution >= 4 is 35.0 Å². The van der Waals surface area contributed by atoms with Crippen LogP contribution < -0.4 is 14.2 Å². The molecule has 0 fully saturated rings. The second kappa shape index (κ2) is 16.1. The van der Waals surface area contributed by atoms with E-state index in [9.17, 15) is 44.7 Å². The maximum absolute atomic E-state index is 13.9. The predicted molar refractivity (Wildman–Crippen MR) is 179 cm³/mol. The van der Waals surface area contributed by atoms with Crippen LogP contribution in [0.5, 0.6) is 17.2 Å². The normalized spacial score (nSPS) is 13.3. The molecular weight excluding hydrogens is 654 g/mol. The van der Waals surface area contributed by atoms with E-state index in [-0.39, 0.29) is 53.6 Å². The van der Waals surface area contributed by atoms with E-state index in [0.717, 1.165) is 0 Å². The number of esters is 3. The number of rotatable bonds is 14. The van der Waals surface area contributed by atoms with E-state index >= 15 is 0 Å². The molecule has 3 atom stereocenters. The average Bonchev–Trinajstić information content (AvgIpc) is 3.01. The van der Waals surface area contributed by atoms with Gasteiger partial charge in [-0.15, -0.1) is 0 Å². The summed E-state index contributed by atoms with van der Waals surface area (Å²) >= 11 is 0. The van der Waals surface area contributed by atoms with Crippen LogP contribution in [0.4, 0.5) is 17.1 Å². The number of ether oxygens (including phenoxy) is 3. The summed E-state index contributed by atoms with van der Waals surface area (Å²) < 4.78 is 16.8. The lowest BCUT2D eigenvalue weighted by Crippen LogP contribution is -2.38. The van der Waals surface area contributed by atoms with E-state index in [1.54, 1.807) is 20.8 Å². The van der Waals surface area contributed by atoms with Gasteiger partial charge < -0.3 is 14.2 Å². The summed E-state index contributed by atoms with van der Waals surface area (Å²) in [6.45, 7) is 11.0. The molecule has 3 rings (SSSR count). The van der Waals surface area contributed by atoms with Crippen LogP contribution in [-0.2, 0) is 14.4 Å². The molecule has 0 aliphatic heterocycles. The van der Waals surface area contributed by atoms with Crippen LogP contribution in [0.3, 0.4) is 0 Å². The van der Waals surface area contributed by atoms with Gasteiger partial charge in [0.25, 0.3) is 17.1 Å². The largest absolute Gasteiger partial charge is 0.426 e. The van der Waals surface area contributed by atoms with E-state index in [4.69, 9.17) is 14.2 Å². The van der Waals surface area contributed by atoms with Crippen molar-refractivity contribution in [1.82, 2.24) is 0 Å². The van der Waals surface area contributed by atoms with Gasteiger partial charge in [-0.05, 0) is 66.5 Å². The molecule has 0 N–H and O–H groups in total. The summed E-state index contributed by atoms with van der Waals surface area (Å²) in [6.07, 6.45) is -0.0353. The predicted octanol–water partition coefficient (Wildman–Crippen LogP) is 7.64. The smallest absolute Gasteiger partial charge is 0.314 e. The highest BCUT2D eigenvalue weighted by molar-refractivity contribution is 5.81. The zero-order chi connectivity index (χ0) is 37.4. The summed E-state index contributed by atoms with van der Waals surface area (Å²) in [5.41, 5.74) is -1.84. The lowest BCUT2D eigenvalue weighted by Gasteiger charge is -2.33. The van der Waals surface area contributed by atoms with Crippen LogP contribution >= 0.6 is 0 Å². The molecule has 0 aliphatic rings. The third-order valence-corrected chi connectivity index (χ3v) is 7.74. The van der Waals surface area contributed by atoms with E-state index in [0.29, 0.717) is 0 Å². The molecule has 0 bridgehead atoms. The Hall–Kier alpha value is -5.73. The van der Waals surface area contributed by atoms with Crippen molar-refractivity contribution in [2.75, 3.05) is 0 Å². The minimum absolute atomic E-state index is 0.00666. The molecule has 50 heavy (non-hydrogen) atoms. The Morgan fingerprint density at radius 1 is 0.540 bits per heavy atom. The molecule has 3 unspecified atom stereocenters. The molecule has 0 radical (unpaired) electrons. The highest BCUT2D eigenvalue weighted by Crippen LogP contribution is 2.38. The van der Waals surface area contributed by atoms with E-state index in [2.05, 4.69) is 0 Å². The van der Waals surface area contributed by atoms with Gasteiger partial charge in [-0.25, -0.2) is 0 Å². The van der Waals surface area contributed by atoms with Crippen LogP contribution in [0.1, 0.15) is 60.8 Å². The van der Waals surface area contributed by atoms with E-state index < -0.39 is 61.3 Å². The molecule has 0 aliphatic carbocycles. The first-order valence-corrected chi connectivity index (χ1v) is 15.6. The number of nitro groups is 3. The Morgan fingerprint density at radius 3 is 1.16 bits per heavy atom. The highest BCUT2D eigenvalue weighted by Gasteiger charge is 2.40. The summed E-state index contributed by atoms with van der Waals surface area (Å²) in [5.74, 6) is -5.08.